The van der Waals surface area contributed by atoms with E-state index in [0.717, 1.165) is 16.8 Å². The van der Waals surface area contributed by atoms with Crippen molar-refractivity contribution >= 4 is 11.6 Å². The lowest BCUT2D eigenvalue weighted by Crippen LogP contribution is -2.27. The van der Waals surface area contributed by atoms with Gasteiger partial charge in [-0.1, -0.05) is 23.8 Å². The van der Waals surface area contributed by atoms with E-state index < -0.39 is 0 Å². The summed E-state index contributed by atoms with van der Waals surface area (Å²) in [5.74, 6) is 0.0567. The second-order valence-corrected chi connectivity index (χ2v) is 3.82. The number of carbonyl (C=O) groups excluding carboxylic acids is 1. The van der Waals surface area contributed by atoms with E-state index in [1.807, 2.05) is 51.1 Å². The molecule has 0 aromatic heterocycles. The third kappa shape index (κ3) is 2.69. The summed E-state index contributed by atoms with van der Waals surface area (Å²) >= 11 is 0. The molecule has 1 rings (SSSR count). The Balaban J connectivity index is 2.92. The van der Waals surface area contributed by atoms with Gasteiger partial charge in [-0.15, -0.1) is 0 Å². The van der Waals surface area contributed by atoms with Gasteiger partial charge in [-0.2, -0.15) is 0 Å². The fourth-order valence-corrected chi connectivity index (χ4v) is 1.23. The van der Waals surface area contributed by atoms with Crippen LogP contribution in [0, 0.1) is 0 Å². The van der Waals surface area contributed by atoms with Crippen LogP contribution in [-0.4, -0.2) is 13.0 Å². The van der Waals surface area contributed by atoms with Crippen LogP contribution in [0.25, 0.3) is 0 Å². The van der Waals surface area contributed by atoms with Crippen LogP contribution in [0.15, 0.2) is 41.5 Å². The third-order valence-corrected chi connectivity index (χ3v) is 2.52. The average molecular weight is 203 g/mol. The lowest BCUT2D eigenvalue weighted by molar-refractivity contribution is -0.114. The molecule has 0 heterocycles. The number of likely N-dealkylation sites (N-methyl/N-ethyl adjacent to an activating group) is 1. The SMILES string of the molecule is CC(C)=C(C)C(=O)N(C)c1ccccc1. The molecule has 0 saturated heterocycles. The number of para-hydroxylation sites is 1. The minimum Gasteiger partial charge on any atom is -0.312 e. The number of nitrogens with zero attached hydrogens (tertiary/aromatic N) is 1. The molecule has 0 radical (unpaired) electrons. The molecular weight excluding hydrogens is 186 g/mol. The minimum absolute atomic E-state index is 0.0567. The van der Waals surface area contributed by atoms with Crippen LogP contribution >= 0.6 is 0 Å². The van der Waals surface area contributed by atoms with E-state index >= 15 is 0 Å². The molecule has 0 unspecified atom stereocenters. The Morgan fingerprint density at radius 3 is 2.07 bits per heavy atom. The summed E-state index contributed by atoms with van der Waals surface area (Å²) in [6, 6.07) is 9.65. The molecule has 0 N–H and O–H groups in total. The number of anilines is 1. The molecule has 1 aromatic rings. The van der Waals surface area contributed by atoms with Crippen molar-refractivity contribution in [2.45, 2.75) is 20.8 Å². The van der Waals surface area contributed by atoms with Crippen molar-refractivity contribution < 1.29 is 4.79 Å². The summed E-state index contributed by atoms with van der Waals surface area (Å²) in [6.45, 7) is 5.76. The lowest BCUT2D eigenvalue weighted by atomic mass is 10.1. The highest BCUT2D eigenvalue weighted by Crippen LogP contribution is 2.15. The molecule has 0 spiro atoms. The predicted octanol–water partition coefficient (Wildman–Crippen LogP) is 3.01. The van der Waals surface area contributed by atoms with E-state index in [2.05, 4.69) is 0 Å². The van der Waals surface area contributed by atoms with Gasteiger partial charge < -0.3 is 4.90 Å². The molecule has 0 atom stereocenters. The first-order valence-corrected chi connectivity index (χ1v) is 5.01. The summed E-state index contributed by atoms with van der Waals surface area (Å²) in [7, 11) is 1.80. The summed E-state index contributed by atoms with van der Waals surface area (Å²) in [4.78, 5) is 13.6. The molecule has 0 bridgehead atoms. The number of hydrogen-bond acceptors (Lipinski definition) is 1. The van der Waals surface area contributed by atoms with Crippen LogP contribution in [0.3, 0.4) is 0 Å². The van der Waals surface area contributed by atoms with Gasteiger partial charge in [0.1, 0.15) is 0 Å². The van der Waals surface area contributed by atoms with E-state index in [1.165, 1.54) is 0 Å². The Bertz CT molecular complexity index is 375. The van der Waals surface area contributed by atoms with Gasteiger partial charge in [0, 0.05) is 18.3 Å². The molecule has 1 aromatic carbocycles. The standard InChI is InChI=1S/C13H17NO/c1-10(2)11(3)13(15)14(4)12-8-6-5-7-9-12/h5-9H,1-4H3. The highest BCUT2D eigenvalue weighted by molar-refractivity contribution is 6.05. The smallest absolute Gasteiger partial charge is 0.253 e. The maximum Gasteiger partial charge on any atom is 0.253 e. The van der Waals surface area contributed by atoms with Crippen LogP contribution in [0.1, 0.15) is 20.8 Å². The van der Waals surface area contributed by atoms with Crippen molar-refractivity contribution in [2.24, 2.45) is 0 Å². The Morgan fingerprint density at radius 1 is 1.07 bits per heavy atom. The second-order valence-electron chi connectivity index (χ2n) is 3.82. The first-order valence-electron chi connectivity index (χ1n) is 5.01. The largest absolute Gasteiger partial charge is 0.312 e. The number of rotatable bonds is 2. The number of hydrogen-bond donors (Lipinski definition) is 0. The van der Waals surface area contributed by atoms with Crippen molar-refractivity contribution in [3.8, 4) is 0 Å². The fourth-order valence-electron chi connectivity index (χ4n) is 1.23. The molecule has 1 amide bonds. The van der Waals surface area contributed by atoms with E-state index in [-0.39, 0.29) is 5.91 Å². The zero-order valence-corrected chi connectivity index (χ0v) is 9.74. The van der Waals surface area contributed by atoms with Crippen molar-refractivity contribution in [3.63, 3.8) is 0 Å². The molecule has 0 aliphatic carbocycles. The van der Waals surface area contributed by atoms with E-state index in [4.69, 9.17) is 0 Å². The van der Waals surface area contributed by atoms with Crippen molar-refractivity contribution in [1.29, 1.82) is 0 Å². The number of amides is 1. The Morgan fingerprint density at radius 2 is 1.60 bits per heavy atom. The molecule has 2 heteroatoms. The van der Waals surface area contributed by atoms with Gasteiger partial charge in [-0.25, -0.2) is 0 Å². The first-order chi connectivity index (χ1) is 7.04. The third-order valence-electron chi connectivity index (χ3n) is 2.52. The van der Waals surface area contributed by atoms with Gasteiger partial charge in [0.25, 0.3) is 5.91 Å². The highest BCUT2D eigenvalue weighted by atomic mass is 16.2. The summed E-state index contributed by atoms with van der Waals surface area (Å²) in [5.41, 5.74) is 2.78. The molecule has 15 heavy (non-hydrogen) atoms. The van der Waals surface area contributed by atoms with Crippen molar-refractivity contribution in [2.75, 3.05) is 11.9 Å². The number of allylic oxidation sites excluding steroid dienone is 1. The van der Waals surface area contributed by atoms with E-state index in [9.17, 15) is 4.79 Å². The fraction of sp³-hybridized carbons (Fsp3) is 0.308. The zero-order valence-electron chi connectivity index (χ0n) is 9.74. The minimum atomic E-state index is 0.0567. The summed E-state index contributed by atoms with van der Waals surface area (Å²) < 4.78 is 0. The van der Waals surface area contributed by atoms with Gasteiger partial charge in [0.15, 0.2) is 0 Å². The molecule has 2 nitrogen and oxygen atoms in total. The van der Waals surface area contributed by atoms with Crippen LogP contribution < -0.4 is 4.90 Å². The maximum absolute atomic E-state index is 12.0. The van der Waals surface area contributed by atoms with Crippen LogP contribution in [0.4, 0.5) is 5.69 Å². The topological polar surface area (TPSA) is 20.3 Å². The molecule has 80 valence electrons. The second kappa shape index (κ2) is 4.78. The lowest BCUT2D eigenvalue weighted by Gasteiger charge is -2.18. The first kappa shape index (κ1) is 11.5. The van der Waals surface area contributed by atoms with E-state index in [1.54, 1.807) is 11.9 Å². The van der Waals surface area contributed by atoms with Crippen LogP contribution in [-0.2, 0) is 4.79 Å². The van der Waals surface area contributed by atoms with Crippen molar-refractivity contribution in [3.05, 3.63) is 41.5 Å². The van der Waals surface area contributed by atoms with Gasteiger partial charge in [0.2, 0.25) is 0 Å². The predicted molar refractivity (Wildman–Crippen MR) is 63.9 cm³/mol. The zero-order chi connectivity index (χ0) is 11.4. The van der Waals surface area contributed by atoms with Gasteiger partial charge in [0.05, 0.1) is 0 Å². The monoisotopic (exact) mass is 203 g/mol. The summed E-state index contributed by atoms with van der Waals surface area (Å²) in [5, 5.41) is 0. The Kier molecular flexibility index (Phi) is 3.67. The van der Waals surface area contributed by atoms with Gasteiger partial charge in [-0.05, 0) is 32.9 Å². The van der Waals surface area contributed by atoms with Gasteiger partial charge >= 0.3 is 0 Å². The van der Waals surface area contributed by atoms with Gasteiger partial charge in [-0.3, -0.25) is 4.79 Å². The summed E-state index contributed by atoms with van der Waals surface area (Å²) in [6.07, 6.45) is 0. The quantitative estimate of drug-likeness (QED) is 0.677. The maximum atomic E-state index is 12.0. The number of benzene rings is 1. The van der Waals surface area contributed by atoms with Crippen molar-refractivity contribution in [1.82, 2.24) is 0 Å². The van der Waals surface area contributed by atoms with Crippen LogP contribution in [0.2, 0.25) is 0 Å². The normalized spacial score (nSPS) is 9.60. The molecule has 0 aliphatic rings. The highest BCUT2D eigenvalue weighted by Gasteiger charge is 2.12. The molecule has 0 saturated carbocycles. The molecule has 0 aliphatic heterocycles. The number of carbonyl (C=O) groups is 1. The van der Waals surface area contributed by atoms with E-state index in [0.29, 0.717) is 0 Å². The molecular formula is C13H17NO. The molecule has 0 fully saturated rings. The Hall–Kier alpha value is -1.57. The van der Waals surface area contributed by atoms with Crippen LogP contribution in [0.5, 0.6) is 0 Å². The average Bonchev–Trinajstić information content (AvgIpc) is 2.27. The Labute approximate surface area is 91.2 Å².